The predicted molar refractivity (Wildman–Crippen MR) is 87.4 cm³/mol. The van der Waals surface area contributed by atoms with Gasteiger partial charge in [0.15, 0.2) is 0 Å². The molecule has 1 heterocycles. The molecule has 1 N–H and O–H groups in total. The Balaban J connectivity index is 1.82. The summed E-state index contributed by atoms with van der Waals surface area (Å²) in [5, 5.41) is 2.97. The van der Waals surface area contributed by atoms with Crippen LogP contribution in [-0.2, 0) is 4.74 Å². The van der Waals surface area contributed by atoms with Gasteiger partial charge < -0.3 is 10.1 Å². The van der Waals surface area contributed by atoms with Gasteiger partial charge >= 0.3 is 0 Å². The zero-order valence-electron chi connectivity index (χ0n) is 10.6. The van der Waals surface area contributed by atoms with Crippen molar-refractivity contribution in [3.05, 3.63) is 31.8 Å². The largest absolute Gasteiger partial charge is 0.378 e. The summed E-state index contributed by atoms with van der Waals surface area (Å²) in [6, 6.07) is 5.73. The highest BCUT2D eigenvalue weighted by Gasteiger charge is 2.15. The third-order valence-corrected chi connectivity index (χ3v) is 4.63. The molecule has 1 aromatic carbocycles. The number of nitrogens with one attached hydrogen (secondary N) is 1. The SMILES string of the molecule is O=C(NCCC1CCCCO1)c1cc(Br)ccc1I. The van der Waals surface area contributed by atoms with Crippen molar-refractivity contribution >= 4 is 44.4 Å². The lowest BCUT2D eigenvalue weighted by molar-refractivity contribution is 0.0117. The van der Waals surface area contributed by atoms with Crippen molar-refractivity contribution < 1.29 is 9.53 Å². The van der Waals surface area contributed by atoms with Crippen molar-refractivity contribution in [2.45, 2.75) is 31.8 Å². The lowest BCUT2D eigenvalue weighted by atomic mass is 10.1. The molecule has 1 aromatic rings. The maximum absolute atomic E-state index is 12.1. The number of carbonyl (C=O) groups is 1. The second kappa shape index (κ2) is 7.59. The fourth-order valence-corrected chi connectivity index (χ4v) is 3.09. The summed E-state index contributed by atoms with van der Waals surface area (Å²) >= 11 is 5.57. The monoisotopic (exact) mass is 437 g/mol. The van der Waals surface area contributed by atoms with E-state index in [1.165, 1.54) is 12.8 Å². The van der Waals surface area contributed by atoms with Crippen molar-refractivity contribution in [1.82, 2.24) is 5.32 Å². The third kappa shape index (κ3) is 4.72. The molecule has 104 valence electrons. The molecule has 1 unspecified atom stereocenters. The Bertz CT molecular complexity index is 447. The van der Waals surface area contributed by atoms with Crippen molar-refractivity contribution in [2.24, 2.45) is 0 Å². The summed E-state index contributed by atoms with van der Waals surface area (Å²) in [5.41, 5.74) is 0.722. The first kappa shape index (κ1) is 15.3. The van der Waals surface area contributed by atoms with E-state index in [-0.39, 0.29) is 5.91 Å². The van der Waals surface area contributed by atoms with Gasteiger partial charge in [0.25, 0.3) is 5.91 Å². The predicted octanol–water partition coefficient (Wildman–Crippen LogP) is 3.74. The Kier molecular flexibility index (Phi) is 6.09. The molecule has 1 aliphatic heterocycles. The molecule has 1 saturated heterocycles. The maximum atomic E-state index is 12.1. The Morgan fingerprint density at radius 3 is 3.05 bits per heavy atom. The minimum Gasteiger partial charge on any atom is -0.378 e. The van der Waals surface area contributed by atoms with Gasteiger partial charge in [0.1, 0.15) is 0 Å². The number of benzene rings is 1. The molecule has 0 aromatic heterocycles. The summed E-state index contributed by atoms with van der Waals surface area (Å²) in [4.78, 5) is 12.1. The van der Waals surface area contributed by atoms with Crippen LogP contribution in [0, 0.1) is 3.57 Å². The normalized spacial score (nSPS) is 19.2. The van der Waals surface area contributed by atoms with Crippen LogP contribution < -0.4 is 5.32 Å². The van der Waals surface area contributed by atoms with Gasteiger partial charge in [-0.15, -0.1) is 0 Å². The maximum Gasteiger partial charge on any atom is 0.252 e. The van der Waals surface area contributed by atoms with E-state index >= 15 is 0 Å². The van der Waals surface area contributed by atoms with Gasteiger partial charge in [0.05, 0.1) is 11.7 Å². The van der Waals surface area contributed by atoms with E-state index in [9.17, 15) is 4.79 Å². The molecule has 1 atom stereocenters. The molecular weight excluding hydrogens is 421 g/mol. The van der Waals surface area contributed by atoms with Crippen molar-refractivity contribution in [3.63, 3.8) is 0 Å². The molecule has 0 spiro atoms. The Morgan fingerprint density at radius 1 is 1.47 bits per heavy atom. The van der Waals surface area contributed by atoms with Crippen LogP contribution in [0.2, 0.25) is 0 Å². The molecular formula is C14H17BrINO2. The smallest absolute Gasteiger partial charge is 0.252 e. The number of rotatable bonds is 4. The van der Waals surface area contributed by atoms with Gasteiger partial charge in [-0.25, -0.2) is 0 Å². The quantitative estimate of drug-likeness (QED) is 0.728. The number of carbonyl (C=O) groups excluding carboxylic acids is 1. The zero-order chi connectivity index (χ0) is 13.7. The van der Waals surface area contributed by atoms with E-state index in [1.807, 2.05) is 18.2 Å². The zero-order valence-corrected chi connectivity index (χ0v) is 14.4. The second-order valence-corrected chi connectivity index (χ2v) is 6.74. The average molecular weight is 438 g/mol. The van der Waals surface area contributed by atoms with E-state index in [1.54, 1.807) is 0 Å². The summed E-state index contributed by atoms with van der Waals surface area (Å²) in [6.45, 7) is 1.54. The number of amides is 1. The summed E-state index contributed by atoms with van der Waals surface area (Å²) in [6.07, 6.45) is 4.73. The molecule has 19 heavy (non-hydrogen) atoms. The fourth-order valence-electron chi connectivity index (χ4n) is 2.15. The molecule has 0 aliphatic carbocycles. The molecule has 2 rings (SSSR count). The summed E-state index contributed by atoms with van der Waals surface area (Å²) in [7, 11) is 0. The summed E-state index contributed by atoms with van der Waals surface area (Å²) < 4.78 is 7.54. The lowest BCUT2D eigenvalue weighted by Crippen LogP contribution is -2.29. The first-order valence-electron chi connectivity index (χ1n) is 6.51. The first-order chi connectivity index (χ1) is 9.16. The fraction of sp³-hybridized carbons (Fsp3) is 0.500. The van der Waals surface area contributed by atoms with Crippen LogP contribution >= 0.6 is 38.5 Å². The van der Waals surface area contributed by atoms with Crippen LogP contribution in [0.3, 0.4) is 0 Å². The Hall–Kier alpha value is -0.140. The van der Waals surface area contributed by atoms with E-state index in [4.69, 9.17) is 4.74 Å². The van der Waals surface area contributed by atoms with Gasteiger partial charge in [-0.2, -0.15) is 0 Å². The van der Waals surface area contributed by atoms with E-state index < -0.39 is 0 Å². The molecule has 1 aliphatic rings. The lowest BCUT2D eigenvalue weighted by Gasteiger charge is -2.22. The molecule has 3 nitrogen and oxygen atoms in total. The highest BCUT2D eigenvalue weighted by molar-refractivity contribution is 14.1. The number of ether oxygens (including phenoxy) is 1. The van der Waals surface area contributed by atoms with E-state index in [0.717, 1.165) is 33.1 Å². The van der Waals surface area contributed by atoms with Gasteiger partial charge in [0, 0.05) is 21.2 Å². The van der Waals surface area contributed by atoms with Gasteiger partial charge in [-0.05, 0) is 66.5 Å². The van der Waals surface area contributed by atoms with Crippen molar-refractivity contribution in [1.29, 1.82) is 0 Å². The van der Waals surface area contributed by atoms with Gasteiger partial charge in [0.2, 0.25) is 0 Å². The van der Waals surface area contributed by atoms with Crippen LogP contribution in [0.15, 0.2) is 22.7 Å². The molecule has 0 saturated carbocycles. The average Bonchev–Trinajstić information content (AvgIpc) is 2.42. The molecule has 0 radical (unpaired) electrons. The topological polar surface area (TPSA) is 38.3 Å². The van der Waals surface area contributed by atoms with Gasteiger partial charge in [-0.1, -0.05) is 15.9 Å². The van der Waals surface area contributed by atoms with E-state index in [2.05, 4.69) is 43.8 Å². The number of hydrogen-bond acceptors (Lipinski definition) is 2. The van der Waals surface area contributed by atoms with E-state index in [0.29, 0.717) is 12.6 Å². The minimum absolute atomic E-state index is 0.0125. The Morgan fingerprint density at radius 2 is 2.32 bits per heavy atom. The minimum atomic E-state index is -0.0125. The number of halogens is 2. The van der Waals surface area contributed by atoms with Crippen LogP contribution in [-0.4, -0.2) is 25.2 Å². The van der Waals surface area contributed by atoms with Crippen LogP contribution in [0.25, 0.3) is 0 Å². The molecule has 1 fully saturated rings. The highest BCUT2D eigenvalue weighted by Crippen LogP contribution is 2.19. The third-order valence-electron chi connectivity index (χ3n) is 3.20. The summed E-state index contributed by atoms with van der Waals surface area (Å²) in [5.74, 6) is -0.0125. The van der Waals surface area contributed by atoms with Gasteiger partial charge in [-0.3, -0.25) is 4.79 Å². The number of hydrogen-bond donors (Lipinski definition) is 1. The van der Waals surface area contributed by atoms with Crippen LogP contribution in [0.1, 0.15) is 36.0 Å². The van der Waals surface area contributed by atoms with Crippen molar-refractivity contribution in [3.8, 4) is 0 Å². The molecule has 0 bridgehead atoms. The standard InChI is InChI=1S/C14H17BrINO2/c15-10-4-5-13(16)12(9-10)14(18)17-7-6-11-3-1-2-8-19-11/h4-5,9,11H,1-3,6-8H2,(H,17,18). The Labute approximate surface area is 135 Å². The first-order valence-corrected chi connectivity index (χ1v) is 8.39. The molecule has 1 amide bonds. The van der Waals surface area contributed by atoms with Crippen LogP contribution in [0.4, 0.5) is 0 Å². The second-order valence-electron chi connectivity index (χ2n) is 4.66. The van der Waals surface area contributed by atoms with Crippen molar-refractivity contribution in [2.75, 3.05) is 13.2 Å². The molecule has 5 heteroatoms. The van der Waals surface area contributed by atoms with Crippen LogP contribution in [0.5, 0.6) is 0 Å². The highest BCUT2D eigenvalue weighted by atomic mass is 127.